The van der Waals surface area contributed by atoms with Crippen molar-refractivity contribution in [2.45, 2.75) is 18.7 Å². The first-order valence-electron chi connectivity index (χ1n) is 6.81. The monoisotopic (exact) mass is 354 g/mol. The van der Waals surface area contributed by atoms with Gasteiger partial charge in [0, 0.05) is 17.6 Å². The number of nitrogens with zero attached hydrogens (tertiary/aromatic N) is 2. The number of rotatable bonds is 5. The molecule has 0 aliphatic rings. The van der Waals surface area contributed by atoms with E-state index >= 15 is 0 Å². The highest BCUT2D eigenvalue weighted by Crippen LogP contribution is 2.32. The minimum atomic E-state index is -4.07. The molecular formula is C15H15ClN2O4S. The van der Waals surface area contributed by atoms with Crippen molar-refractivity contribution >= 4 is 33.0 Å². The van der Waals surface area contributed by atoms with Gasteiger partial charge in [0.25, 0.3) is 15.7 Å². The van der Waals surface area contributed by atoms with Crippen molar-refractivity contribution in [1.29, 1.82) is 0 Å². The summed E-state index contributed by atoms with van der Waals surface area (Å²) in [4.78, 5) is 10.1. The smallest absolute Gasteiger partial charge is 0.266 e. The van der Waals surface area contributed by atoms with Crippen LogP contribution in [0.25, 0.3) is 0 Å². The van der Waals surface area contributed by atoms with Gasteiger partial charge < -0.3 is 0 Å². The lowest BCUT2D eigenvalue weighted by atomic mass is 10.2. The number of para-hydroxylation sites is 1. The predicted molar refractivity (Wildman–Crippen MR) is 89.5 cm³/mol. The minimum absolute atomic E-state index is 0.136. The van der Waals surface area contributed by atoms with E-state index in [1.165, 1.54) is 24.3 Å². The Hall–Kier alpha value is -2.12. The van der Waals surface area contributed by atoms with E-state index in [9.17, 15) is 18.5 Å². The van der Waals surface area contributed by atoms with Gasteiger partial charge >= 0.3 is 0 Å². The number of sulfonamides is 1. The van der Waals surface area contributed by atoms with Crippen molar-refractivity contribution < 1.29 is 13.3 Å². The zero-order valence-corrected chi connectivity index (χ0v) is 14.1. The third-order valence-electron chi connectivity index (χ3n) is 3.34. The molecular weight excluding hydrogens is 340 g/mol. The summed E-state index contributed by atoms with van der Waals surface area (Å²) >= 11 is 5.91. The summed E-state index contributed by atoms with van der Waals surface area (Å²) in [6.07, 6.45) is 0. The van der Waals surface area contributed by atoms with Crippen LogP contribution < -0.4 is 4.31 Å². The van der Waals surface area contributed by atoms with Crippen molar-refractivity contribution in [2.75, 3.05) is 10.8 Å². The second-order valence-corrected chi connectivity index (χ2v) is 7.09. The van der Waals surface area contributed by atoms with E-state index in [4.69, 9.17) is 11.6 Å². The standard InChI is InChI=1S/C15H15ClN2O4S/c1-3-17(13-9-8-12(16)10-11(13)2)23(21,22)15-7-5-4-6-14(15)18(19)20/h4-10H,3H2,1-2H3. The molecule has 23 heavy (non-hydrogen) atoms. The second-order valence-electron chi connectivity index (χ2n) is 4.83. The lowest BCUT2D eigenvalue weighted by molar-refractivity contribution is -0.387. The van der Waals surface area contributed by atoms with Gasteiger partial charge in [-0.05, 0) is 43.7 Å². The Morgan fingerprint density at radius 3 is 2.43 bits per heavy atom. The fraction of sp³-hybridized carbons (Fsp3) is 0.200. The van der Waals surface area contributed by atoms with Crippen LogP contribution >= 0.6 is 11.6 Å². The van der Waals surface area contributed by atoms with Crippen LogP contribution in [-0.4, -0.2) is 19.9 Å². The van der Waals surface area contributed by atoms with Crippen LogP contribution in [0.4, 0.5) is 11.4 Å². The molecule has 0 amide bonds. The summed E-state index contributed by atoms with van der Waals surface area (Å²) in [5, 5.41) is 11.6. The first-order chi connectivity index (χ1) is 10.8. The number of aryl methyl sites for hydroxylation is 1. The molecule has 2 rings (SSSR count). The molecule has 0 radical (unpaired) electrons. The summed E-state index contributed by atoms with van der Waals surface area (Å²) in [7, 11) is -4.07. The topological polar surface area (TPSA) is 80.5 Å². The normalized spacial score (nSPS) is 11.3. The van der Waals surface area contributed by atoms with Gasteiger partial charge in [-0.15, -0.1) is 0 Å². The van der Waals surface area contributed by atoms with E-state index in [1.807, 2.05) is 0 Å². The largest absolute Gasteiger partial charge is 0.289 e. The third kappa shape index (κ3) is 3.30. The molecule has 0 aliphatic heterocycles. The molecule has 8 heteroatoms. The Balaban J connectivity index is 2.63. The number of nitro groups is 1. The summed E-state index contributed by atoms with van der Waals surface area (Å²) in [6.45, 7) is 3.54. The molecule has 0 spiro atoms. The van der Waals surface area contributed by atoms with Crippen LogP contribution in [0.15, 0.2) is 47.4 Å². The summed E-state index contributed by atoms with van der Waals surface area (Å²) in [5.41, 5.74) is 0.661. The maximum atomic E-state index is 12.9. The van der Waals surface area contributed by atoms with Gasteiger partial charge in [-0.3, -0.25) is 14.4 Å². The fourth-order valence-corrected chi connectivity index (χ4v) is 4.24. The van der Waals surface area contributed by atoms with E-state index in [0.717, 1.165) is 4.31 Å². The Labute approximate surface area is 139 Å². The Kier molecular flexibility index (Phi) is 4.91. The van der Waals surface area contributed by atoms with Gasteiger partial charge in [0.2, 0.25) is 0 Å². The lowest BCUT2D eigenvalue weighted by Gasteiger charge is -2.24. The minimum Gasteiger partial charge on any atom is -0.266 e. The van der Waals surface area contributed by atoms with E-state index in [1.54, 1.807) is 32.0 Å². The molecule has 2 aromatic carbocycles. The molecule has 0 unspecified atom stereocenters. The fourth-order valence-electron chi connectivity index (χ4n) is 2.31. The van der Waals surface area contributed by atoms with Crippen LogP contribution in [-0.2, 0) is 10.0 Å². The van der Waals surface area contributed by atoms with Crippen molar-refractivity contribution in [1.82, 2.24) is 0 Å². The summed E-state index contributed by atoms with van der Waals surface area (Å²) < 4.78 is 27.0. The van der Waals surface area contributed by atoms with Crippen molar-refractivity contribution in [2.24, 2.45) is 0 Å². The lowest BCUT2D eigenvalue weighted by Crippen LogP contribution is -2.31. The highest BCUT2D eigenvalue weighted by molar-refractivity contribution is 7.93. The zero-order chi connectivity index (χ0) is 17.2. The number of hydrogen-bond donors (Lipinski definition) is 0. The zero-order valence-electron chi connectivity index (χ0n) is 12.6. The molecule has 0 fully saturated rings. The van der Waals surface area contributed by atoms with Gasteiger partial charge in [0.1, 0.15) is 0 Å². The maximum absolute atomic E-state index is 12.9. The molecule has 2 aromatic rings. The Morgan fingerprint density at radius 2 is 1.87 bits per heavy atom. The molecule has 0 aliphatic carbocycles. The highest BCUT2D eigenvalue weighted by Gasteiger charge is 2.31. The van der Waals surface area contributed by atoms with E-state index < -0.39 is 20.6 Å². The summed E-state index contributed by atoms with van der Waals surface area (Å²) in [6, 6.07) is 10.1. The molecule has 122 valence electrons. The Bertz CT molecular complexity index is 852. The van der Waals surface area contributed by atoms with Gasteiger partial charge in [0.15, 0.2) is 4.90 Å². The average molecular weight is 355 g/mol. The molecule has 0 aromatic heterocycles. The average Bonchev–Trinajstić information content (AvgIpc) is 2.50. The molecule has 0 N–H and O–H groups in total. The molecule has 0 saturated heterocycles. The van der Waals surface area contributed by atoms with Crippen LogP contribution in [0.5, 0.6) is 0 Å². The highest BCUT2D eigenvalue weighted by atomic mass is 35.5. The number of nitro benzene ring substituents is 1. The van der Waals surface area contributed by atoms with Crippen LogP contribution in [0.3, 0.4) is 0 Å². The first kappa shape index (κ1) is 17.2. The van der Waals surface area contributed by atoms with Gasteiger partial charge in [0.05, 0.1) is 10.6 Å². The molecule has 0 heterocycles. The molecule has 6 nitrogen and oxygen atoms in total. The van der Waals surface area contributed by atoms with E-state index in [0.29, 0.717) is 16.3 Å². The SMILES string of the molecule is CCN(c1ccc(Cl)cc1C)S(=O)(=O)c1ccccc1[N+](=O)[O-]. The van der Waals surface area contributed by atoms with Crippen LogP contribution in [0.1, 0.15) is 12.5 Å². The van der Waals surface area contributed by atoms with Gasteiger partial charge in [-0.1, -0.05) is 23.7 Å². The van der Waals surface area contributed by atoms with Gasteiger partial charge in [-0.2, -0.15) is 0 Å². The third-order valence-corrected chi connectivity index (χ3v) is 5.52. The van der Waals surface area contributed by atoms with E-state index in [-0.39, 0.29) is 11.4 Å². The Morgan fingerprint density at radius 1 is 1.22 bits per heavy atom. The quantitative estimate of drug-likeness (QED) is 0.604. The maximum Gasteiger partial charge on any atom is 0.289 e. The van der Waals surface area contributed by atoms with Crippen LogP contribution in [0, 0.1) is 17.0 Å². The van der Waals surface area contributed by atoms with E-state index in [2.05, 4.69) is 0 Å². The van der Waals surface area contributed by atoms with Crippen LogP contribution in [0.2, 0.25) is 5.02 Å². The molecule has 0 saturated carbocycles. The van der Waals surface area contributed by atoms with Crippen molar-refractivity contribution in [3.63, 3.8) is 0 Å². The van der Waals surface area contributed by atoms with Crippen molar-refractivity contribution in [3.05, 3.63) is 63.2 Å². The summed E-state index contributed by atoms with van der Waals surface area (Å²) in [5.74, 6) is 0. The van der Waals surface area contributed by atoms with Gasteiger partial charge in [-0.25, -0.2) is 8.42 Å². The number of anilines is 1. The molecule has 0 bridgehead atoms. The first-order valence-corrected chi connectivity index (χ1v) is 8.63. The number of benzene rings is 2. The van der Waals surface area contributed by atoms with Crippen molar-refractivity contribution in [3.8, 4) is 0 Å². The number of hydrogen-bond acceptors (Lipinski definition) is 4. The number of halogens is 1. The second kappa shape index (κ2) is 6.55. The molecule has 0 atom stereocenters. The predicted octanol–water partition coefficient (Wildman–Crippen LogP) is 3.77.